The summed E-state index contributed by atoms with van der Waals surface area (Å²) in [5, 5.41) is 0. The minimum Gasteiger partial charge on any atom is -0.493 e. The second-order valence-corrected chi connectivity index (χ2v) is 5.91. The first-order chi connectivity index (χ1) is 9.74. The van der Waals surface area contributed by atoms with Gasteiger partial charge >= 0.3 is 0 Å². The highest BCUT2D eigenvalue weighted by atomic mass is 16.5. The summed E-state index contributed by atoms with van der Waals surface area (Å²) in [5.74, 6) is 1.55. The molecular formula is C17H27NO2. The van der Waals surface area contributed by atoms with E-state index in [2.05, 4.69) is 43.0 Å². The van der Waals surface area contributed by atoms with Crippen LogP contribution in [0.1, 0.15) is 25.8 Å². The molecule has 3 heteroatoms. The summed E-state index contributed by atoms with van der Waals surface area (Å²) >= 11 is 0. The Hall–Kier alpha value is -1.06. The number of rotatable bonds is 7. The molecule has 112 valence electrons. The number of hydrogen-bond donors (Lipinski definition) is 0. The Morgan fingerprint density at radius 2 is 1.85 bits per heavy atom. The minimum absolute atomic E-state index is 0.572. The van der Waals surface area contributed by atoms with Gasteiger partial charge in [0.25, 0.3) is 0 Å². The lowest BCUT2D eigenvalue weighted by atomic mass is 10.1. The average Bonchev–Trinajstić information content (AvgIpc) is 2.47. The maximum Gasteiger partial charge on any atom is 0.119 e. The van der Waals surface area contributed by atoms with Crippen molar-refractivity contribution in [1.29, 1.82) is 0 Å². The third kappa shape index (κ3) is 5.51. The smallest absolute Gasteiger partial charge is 0.119 e. The van der Waals surface area contributed by atoms with Gasteiger partial charge in [0.05, 0.1) is 19.8 Å². The van der Waals surface area contributed by atoms with Gasteiger partial charge in [-0.3, -0.25) is 4.90 Å². The van der Waals surface area contributed by atoms with Gasteiger partial charge in [0.15, 0.2) is 0 Å². The van der Waals surface area contributed by atoms with Gasteiger partial charge in [-0.2, -0.15) is 0 Å². The molecular weight excluding hydrogens is 250 g/mol. The largest absolute Gasteiger partial charge is 0.493 e. The summed E-state index contributed by atoms with van der Waals surface area (Å²) < 4.78 is 11.1. The maximum atomic E-state index is 5.70. The fraction of sp³-hybridized carbons (Fsp3) is 0.647. The van der Waals surface area contributed by atoms with Crippen molar-refractivity contribution < 1.29 is 9.47 Å². The molecule has 2 rings (SSSR count). The van der Waals surface area contributed by atoms with Crippen LogP contribution in [0, 0.1) is 5.92 Å². The van der Waals surface area contributed by atoms with E-state index in [4.69, 9.17) is 9.47 Å². The van der Waals surface area contributed by atoms with Crippen molar-refractivity contribution in [3.63, 3.8) is 0 Å². The predicted molar refractivity (Wildman–Crippen MR) is 82.4 cm³/mol. The molecule has 0 radical (unpaired) electrons. The van der Waals surface area contributed by atoms with Crippen molar-refractivity contribution in [1.82, 2.24) is 4.90 Å². The molecule has 0 atom stereocenters. The molecule has 0 saturated carbocycles. The second-order valence-electron chi connectivity index (χ2n) is 5.91. The van der Waals surface area contributed by atoms with Gasteiger partial charge in [-0.25, -0.2) is 0 Å². The van der Waals surface area contributed by atoms with Gasteiger partial charge in [-0.1, -0.05) is 26.0 Å². The van der Waals surface area contributed by atoms with Crippen LogP contribution in [0.4, 0.5) is 0 Å². The highest BCUT2D eigenvalue weighted by Gasteiger charge is 2.09. The molecule has 0 aromatic heterocycles. The van der Waals surface area contributed by atoms with Gasteiger partial charge in [0, 0.05) is 13.1 Å². The van der Waals surface area contributed by atoms with E-state index in [1.54, 1.807) is 0 Å². The highest BCUT2D eigenvalue weighted by molar-refractivity contribution is 5.27. The van der Waals surface area contributed by atoms with Crippen LogP contribution in [0.15, 0.2) is 24.3 Å². The van der Waals surface area contributed by atoms with Crippen molar-refractivity contribution in [2.75, 3.05) is 39.5 Å². The van der Waals surface area contributed by atoms with Crippen molar-refractivity contribution in [3.8, 4) is 5.75 Å². The third-order valence-corrected chi connectivity index (χ3v) is 3.55. The lowest BCUT2D eigenvalue weighted by molar-refractivity contribution is 0.0374. The standard InChI is InChI=1S/C17H27NO2/c1-15(2)14-20-17-7-5-16(6-8-17)4-3-9-18-10-12-19-13-11-18/h5-8,15H,3-4,9-14H2,1-2H3. The predicted octanol–water partition coefficient (Wildman–Crippen LogP) is 2.99. The van der Waals surface area contributed by atoms with Crippen LogP contribution in [0.3, 0.4) is 0 Å². The molecule has 0 unspecified atom stereocenters. The van der Waals surface area contributed by atoms with Crippen molar-refractivity contribution in [2.45, 2.75) is 26.7 Å². The zero-order chi connectivity index (χ0) is 14.2. The summed E-state index contributed by atoms with van der Waals surface area (Å²) in [6.07, 6.45) is 2.36. The average molecular weight is 277 g/mol. The summed E-state index contributed by atoms with van der Waals surface area (Å²) in [7, 11) is 0. The van der Waals surface area contributed by atoms with E-state index < -0.39 is 0 Å². The SMILES string of the molecule is CC(C)COc1ccc(CCCN2CCOCC2)cc1. The molecule has 20 heavy (non-hydrogen) atoms. The van der Waals surface area contributed by atoms with E-state index in [0.29, 0.717) is 5.92 Å². The van der Waals surface area contributed by atoms with Crippen LogP contribution in [-0.4, -0.2) is 44.4 Å². The Bertz CT molecular complexity index is 369. The number of ether oxygens (including phenoxy) is 2. The molecule has 1 aromatic rings. The van der Waals surface area contributed by atoms with Crippen LogP contribution in [0.2, 0.25) is 0 Å². The van der Waals surface area contributed by atoms with Crippen LogP contribution < -0.4 is 4.74 Å². The Morgan fingerprint density at radius 3 is 2.50 bits per heavy atom. The fourth-order valence-corrected chi connectivity index (χ4v) is 2.35. The van der Waals surface area contributed by atoms with Gasteiger partial charge < -0.3 is 9.47 Å². The van der Waals surface area contributed by atoms with E-state index in [1.807, 2.05) is 0 Å². The normalized spacial score (nSPS) is 16.6. The number of nitrogens with zero attached hydrogens (tertiary/aromatic N) is 1. The first-order valence-corrected chi connectivity index (χ1v) is 7.76. The summed E-state index contributed by atoms with van der Waals surface area (Å²) in [6, 6.07) is 8.56. The quantitative estimate of drug-likeness (QED) is 0.765. The molecule has 0 spiro atoms. The molecule has 0 amide bonds. The second kappa shape index (κ2) is 8.28. The number of benzene rings is 1. The van der Waals surface area contributed by atoms with E-state index in [0.717, 1.165) is 45.1 Å². The molecule has 1 fully saturated rings. The summed E-state index contributed by atoms with van der Waals surface area (Å²) in [6.45, 7) is 10.2. The van der Waals surface area contributed by atoms with Gasteiger partial charge in [0.2, 0.25) is 0 Å². The molecule has 0 bridgehead atoms. The number of morpholine rings is 1. The lowest BCUT2D eigenvalue weighted by Gasteiger charge is -2.26. The van der Waals surface area contributed by atoms with Crippen LogP contribution in [-0.2, 0) is 11.2 Å². The van der Waals surface area contributed by atoms with Crippen LogP contribution in [0.5, 0.6) is 5.75 Å². The Balaban J connectivity index is 1.67. The van der Waals surface area contributed by atoms with Crippen LogP contribution in [0.25, 0.3) is 0 Å². The van der Waals surface area contributed by atoms with Crippen molar-refractivity contribution >= 4 is 0 Å². The Kier molecular flexibility index (Phi) is 6.34. The first kappa shape index (κ1) is 15.3. The van der Waals surface area contributed by atoms with Gasteiger partial charge in [-0.15, -0.1) is 0 Å². The molecule has 0 aliphatic carbocycles. The summed E-state index contributed by atoms with van der Waals surface area (Å²) in [5.41, 5.74) is 1.40. The Labute approximate surface area is 122 Å². The van der Waals surface area contributed by atoms with E-state index in [9.17, 15) is 0 Å². The maximum absolute atomic E-state index is 5.70. The number of hydrogen-bond acceptors (Lipinski definition) is 3. The van der Waals surface area contributed by atoms with Crippen molar-refractivity contribution in [3.05, 3.63) is 29.8 Å². The van der Waals surface area contributed by atoms with E-state index in [1.165, 1.54) is 18.5 Å². The topological polar surface area (TPSA) is 21.7 Å². The van der Waals surface area contributed by atoms with E-state index in [-0.39, 0.29) is 0 Å². The summed E-state index contributed by atoms with van der Waals surface area (Å²) in [4.78, 5) is 2.49. The molecule has 1 heterocycles. The highest BCUT2D eigenvalue weighted by Crippen LogP contribution is 2.14. The molecule has 1 aliphatic heterocycles. The third-order valence-electron chi connectivity index (χ3n) is 3.55. The zero-order valence-electron chi connectivity index (χ0n) is 12.8. The number of aryl methyl sites for hydroxylation is 1. The molecule has 1 aromatic carbocycles. The Morgan fingerprint density at radius 1 is 1.15 bits per heavy atom. The van der Waals surface area contributed by atoms with Crippen LogP contribution >= 0.6 is 0 Å². The first-order valence-electron chi connectivity index (χ1n) is 7.76. The monoisotopic (exact) mass is 277 g/mol. The fourth-order valence-electron chi connectivity index (χ4n) is 2.35. The minimum atomic E-state index is 0.572. The molecule has 0 N–H and O–H groups in total. The molecule has 1 aliphatic rings. The van der Waals surface area contributed by atoms with Gasteiger partial charge in [0.1, 0.15) is 5.75 Å². The molecule has 1 saturated heterocycles. The molecule has 3 nitrogen and oxygen atoms in total. The van der Waals surface area contributed by atoms with Gasteiger partial charge in [-0.05, 0) is 43.0 Å². The van der Waals surface area contributed by atoms with Crippen molar-refractivity contribution in [2.24, 2.45) is 5.92 Å². The van der Waals surface area contributed by atoms with E-state index >= 15 is 0 Å². The zero-order valence-corrected chi connectivity index (χ0v) is 12.8. The lowest BCUT2D eigenvalue weighted by Crippen LogP contribution is -2.36.